The number of hydrogen-bond donors (Lipinski definition) is 2. The summed E-state index contributed by atoms with van der Waals surface area (Å²) < 4.78 is 0. The van der Waals surface area contributed by atoms with Gasteiger partial charge in [0.25, 0.3) is 5.91 Å². The fourth-order valence-corrected chi connectivity index (χ4v) is 5.03. The summed E-state index contributed by atoms with van der Waals surface area (Å²) in [6.45, 7) is 6.79. The molecule has 4 aromatic rings. The maximum atomic E-state index is 12.6. The smallest absolute Gasteiger partial charge is 0.251 e. The van der Waals surface area contributed by atoms with Gasteiger partial charge in [0.15, 0.2) is 0 Å². The number of fused-ring (bicyclic) bond motifs is 4. The second kappa shape index (κ2) is 10.9. The van der Waals surface area contributed by atoms with E-state index in [1.807, 2.05) is 68.4 Å². The number of aromatic nitrogens is 1. The number of amides is 1. The van der Waals surface area contributed by atoms with Crippen molar-refractivity contribution < 1.29 is 4.79 Å². The molecule has 1 aliphatic rings. The Bertz CT molecular complexity index is 1340. The quantitative estimate of drug-likeness (QED) is 0.245. The van der Waals surface area contributed by atoms with Gasteiger partial charge in [0.2, 0.25) is 0 Å². The van der Waals surface area contributed by atoms with Crippen LogP contribution in [0.5, 0.6) is 0 Å². The zero-order valence-electron chi connectivity index (χ0n) is 19.6. The molecule has 1 aromatic heterocycles. The van der Waals surface area contributed by atoms with Crippen molar-refractivity contribution in [1.29, 1.82) is 0 Å². The molecule has 0 spiro atoms. The Labute approximate surface area is 209 Å². The van der Waals surface area contributed by atoms with E-state index in [4.69, 9.17) is 16.6 Å². The zero-order valence-corrected chi connectivity index (χ0v) is 21.2. The normalized spacial score (nSPS) is 12.1. The molecule has 0 bridgehead atoms. The van der Waals surface area contributed by atoms with Crippen molar-refractivity contribution in [3.05, 3.63) is 88.6 Å². The first kappa shape index (κ1) is 24.1. The lowest BCUT2D eigenvalue weighted by Crippen LogP contribution is -2.24. The van der Waals surface area contributed by atoms with Crippen LogP contribution in [0.2, 0.25) is 5.02 Å². The molecule has 1 amide bonds. The van der Waals surface area contributed by atoms with Crippen molar-refractivity contribution in [3.8, 4) is 0 Å². The Morgan fingerprint density at radius 1 is 1.06 bits per heavy atom. The Balaban J connectivity index is 0.00000133. The van der Waals surface area contributed by atoms with E-state index in [1.54, 1.807) is 11.8 Å². The van der Waals surface area contributed by atoms with Gasteiger partial charge in [-0.15, -0.1) is 0 Å². The van der Waals surface area contributed by atoms with Crippen LogP contribution < -0.4 is 5.32 Å². The third-order valence-corrected chi connectivity index (χ3v) is 6.94. The number of para-hydroxylation sites is 1. The fourth-order valence-electron chi connectivity index (χ4n) is 3.80. The highest BCUT2D eigenvalue weighted by molar-refractivity contribution is 7.99. The van der Waals surface area contributed by atoms with Gasteiger partial charge in [0.1, 0.15) is 0 Å². The average Bonchev–Trinajstić information content (AvgIpc) is 3.15. The molecule has 0 atom stereocenters. The van der Waals surface area contributed by atoms with Crippen molar-refractivity contribution in [2.24, 2.45) is 4.99 Å². The molecule has 0 saturated carbocycles. The van der Waals surface area contributed by atoms with E-state index < -0.39 is 0 Å². The molecule has 0 fully saturated rings. The maximum Gasteiger partial charge on any atom is 0.251 e. The lowest BCUT2D eigenvalue weighted by molar-refractivity contribution is 0.0953. The first-order chi connectivity index (χ1) is 16.6. The Morgan fingerprint density at radius 3 is 2.59 bits per heavy atom. The van der Waals surface area contributed by atoms with Crippen molar-refractivity contribution in [1.82, 2.24) is 10.3 Å². The lowest BCUT2D eigenvalue weighted by Gasteiger charge is -2.08. The molecule has 0 unspecified atom stereocenters. The Morgan fingerprint density at radius 2 is 1.82 bits per heavy atom. The Hall–Kier alpha value is -3.02. The summed E-state index contributed by atoms with van der Waals surface area (Å²) in [6, 6.07) is 21.7. The summed E-state index contributed by atoms with van der Waals surface area (Å²) in [5, 5.41) is 4.83. The standard InChI is InChI=1S/C26H22ClN3OS.C2H6/c1-2-3-14-28-26(31)17-10-13-22-21(15-17)30-23(16-8-11-18(27)12-9-16)24-25(32-22)19-6-4-5-7-20(19)29-24;1-2/h4-13,15,29H,2-3,14H2,1H3,(H,28,31);1-2H3. The summed E-state index contributed by atoms with van der Waals surface area (Å²) >= 11 is 7.82. The van der Waals surface area contributed by atoms with Crippen molar-refractivity contribution >= 4 is 51.6 Å². The predicted molar refractivity (Wildman–Crippen MR) is 144 cm³/mol. The second-order valence-electron chi connectivity index (χ2n) is 7.74. The molecule has 3 aromatic carbocycles. The molecule has 0 saturated heterocycles. The first-order valence-corrected chi connectivity index (χ1v) is 12.9. The minimum atomic E-state index is -0.0669. The predicted octanol–water partition coefficient (Wildman–Crippen LogP) is 8.01. The zero-order chi connectivity index (χ0) is 24.1. The van der Waals surface area contributed by atoms with E-state index in [0.29, 0.717) is 17.1 Å². The van der Waals surface area contributed by atoms with Gasteiger partial charge in [-0.05, 0) is 42.8 Å². The third kappa shape index (κ3) is 4.91. The van der Waals surface area contributed by atoms with Crippen LogP contribution in [0.4, 0.5) is 5.69 Å². The number of H-pyrrole nitrogens is 1. The molecule has 174 valence electrons. The summed E-state index contributed by atoms with van der Waals surface area (Å²) in [5.74, 6) is -0.0669. The highest BCUT2D eigenvalue weighted by Gasteiger charge is 2.24. The van der Waals surface area contributed by atoms with E-state index in [2.05, 4.69) is 29.4 Å². The number of benzene rings is 3. The van der Waals surface area contributed by atoms with E-state index >= 15 is 0 Å². The molecule has 4 nitrogen and oxygen atoms in total. The highest BCUT2D eigenvalue weighted by atomic mass is 35.5. The summed E-state index contributed by atoms with van der Waals surface area (Å²) in [7, 11) is 0. The number of unbranched alkanes of at least 4 members (excludes halogenated alkanes) is 1. The van der Waals surface area contributed by atoms with Crippen molar-refractivity contribution in [2.45, 2.75) is 43.4 Å². The van der Waals surface area contributed by atoms with Gasteiger partial charge < -0.3 is 10.3 Å². The van der Waals surface area contributed by atoms with Gasteiger partial charge in [-0.3, -0.25) is 4.79 Å². The van der Waals surface area contributed by atoms with Crippen LogP contribution in [0, 0.1) is 0 Å². The van der Waals surface area contributed by atoms with Gasteiger partial charge >= 0.3 is 0 Å². The summed E-state index contributed by atoms with van der Waals surface area (Å²) in [4.78, 5) is 23.4. The molecule has 0 aliphatic carbocycles. The minimum absolute atomic E-state index is 0.0669. The number of nitrogens with zero attached hydrogens (tertiary/aromatic N) is 1. The van der Waals surface area contributed by atoms with Crippen LogP contribution in [0.3, 0.4) is 0 Å². The van der Waals surface area contributed by atoms with Crippen LogP contribution in [0.1, 0.15) is 55.2 Å². The number of rotatable bonds is 5. The van der Waals surface area contributed by atoms with Gasteiger partial charge in [-0.25, -0.2) is 4.99 Å². The number of carbonyl (C=O) groups excluding carboxylic acids is 1. The van der Waals surface area contributed by atoms with Gasteiger partial charge in [-0.2, -0.15) is 0 Å². The second-order valence-corrected chi connectivity index (χ2v) is 9.22. The summed E-state index contributed by atoms with van der Waals surface area (Å²) in [6.07, 6.45) is 2.01. The van der Waals surface area contributed by atoms with Crippen LogP contribution in [-0.4, -0.2) is 23.1 Å². The number of aromatic amines is 1. The highest BCUT2D eigenvalue weighted by Crippen LogP contribution is 2.44. The van der Waals surface area contributed by atoms with E-state index in [9.17, 15) is 4.79 Å². The van der Waals surface area contributed by atoms with Crippen molar-refractivity contribution in [3.63, 3.8) is 0 Å². The molecule has 1 aliphatic heterocycles. The van der Waals surface area contributed by atoms with Crippen molar-refractivity contribution in [2.75, 3.05) is 6.54 Å². The minimum Gasteiger partial charge on any atom is -0.352 e. The van der Waals surface area contributed by atoms with Gasteiger partial charge in [0, 0.05) is 43.4 Å². The maximum absolute atomic E-state index is 12.6. The number of carbonyl (C=O) groups is 1. The molecule has 6 heteroatoms. The van der Waals surface area contributed by atoms with E-state index in [0.717, 1.165) is 56.2 Å². The fraction of sp³-hybridized carbons (Fsp3) is 0.214. The number of hydrogen-bond acceptors (Lipinski definition) is 3. The molecular formula is C28H28ClN3OS. The lowest BCUT2D eigenvalue weighted by atomic mass is 10.1. The molecular weight excluding hydrogens is 462 g/mol. The molecule has 2 N–H and O–H groups in total. The van der Waals surface area contributed by atoms with Crippen LogP contribution in [0.25, 0.3) is 10.9 Å². The molecule has 34 heavy (non-hydrogen) atoms. The molecule has 0 radical (unpaired) electrons. The number of halogens is 1. The third-order valence-electron chi connectivity index (χ3n) is 5.49. The monoisotopic (exact) mass is 489 g/mol. The van der Waals surface area contributed by atoms with E-state index in [-0.39, 0.29) is 5.91 Å². The number of aliphatic imine (C=N–C) groups is 1. The van der Waals surface area contributed by atoms with E-state index in [1.165, 1.54) is 0 Å². The van der Waals surface area contributed by atoms with Gasteiger partial charge in [-0.1, -0.05) is 80.9 Å². The van der Waals surface area contributed by atoms with Gasteiger partial charge in [0.05, 0.1) is 17.1 Å². The average molecular weight is 490 g/mol. The molecule has 2 heterocycles. The Kier molecular flexibility index (Phi) is 7.76. The SMILES string of the molecule is CC.CCCCNC(=O)c1ccc2c(c1)N=C(c1ccc(Cl)cc1)c1[nH]c3ccccc3c1S2. The van der Waals surface area contributed by atoms with Crippen LogP contribution in [-0.2, 0) is 0 Å². The number of nitrogens with one attached hydrogen (secondary N) is 2. The first-order valence-electron chi connectivity index (χ1n) is 11.7. The topological polar surface area (TPSA) is 57.2 Å². The summed E-state index contributed by atoms with van der Waals surface area (Å²) in [5.41, 5.74) is 5.26. The largest absolute Gasteiger partial charge is 0.352 e. The van der Waals surface area contributed by atoms with Crippen LogP contribution >= 0.6 is 23.4 Å². The molecule has 5 rings (SSSR count). The van der Waals surface area contributed by atoms with Crippen LogP contribution in [0.15, 0.2) is 81.5 Å².